The molecule has 2 rings (SSSR count). The first-order chi connectivity index (χ1) is 11.0. The summed E-state index contributed by atoms with van der Waals surface area (Å²) in [5.41, 5.74) is 0.742. The molecule has 0 spiro atoms. The molecule has 124 valence electrons. The van der Waals surface area contributed by atoms with Gasteiger partial charge in [0.1, 0.15) is 17.8 Å². The number of benzene rings is 1. The number of pyridine rings is 1. The number of ether oxygens (including phenoxy) is 1. The molecule has 0 aliphatic rings. The fourth-order valence-corrected chi connectivity index (χ4v) is 1.89. The summed E-state index contributed by atoms with van der Waals surface area (Å²) in [6.45, 7) is -0.825. The molecule has 0 bridgehead atoms. The molecule has 0 fully saturated rings. The maximum atomic E-state index is 11.9. The summed E-state index contributed by atoms with van der Waals surface area (Å²) < 4.78 is 41.3. The molecule has 1 heterocycles. The Morgan fingerprint density at radius 1 is 1.17 bits per heavy atom. The Hall–Kier alpha value is -2.51. The Labute approximate surface area is 130 Å². The van der Waals surface area contributed by atoms with Crippen LogP contribution in [0, 0.1) is 0 Å². The molecule has 0 unspecified atom stereocenters. The number of nitrogens with one attached hydrogen (secondary N) is 2. The van der Waals surface area contributed by atoms with Crippen molar-refractivity contribution >= 4 is 16.9 Å². The van der Waals surface area contributed by atoms with E-state index in [9.17, 15) is 18.0 Å². The van der Waals surface area contributed by atoms with Crippen LogP contribution in [0.5, 0.6) is 5.75 Å². The number of carbonyl (C=O) groups is 1. The Morgan fingerprint density at radius 2 is 1.96 bits per heavy atom. The largest absolute Gasteiger partial charge is 0.491 e. The Morgan fingerprint density at radius 3 is 2.74 bits per heavy atom. The highest BCUT2D eigenvalue weighted by Gasteiger charge is 2.27. The molecule has 0 saturated heterocycles. The highest BCUT2D eigenvalue weighted by Crippen LogP contribution is 2.22. The van der Waals surface area contributed by atoms with Gasteiger partial charge in [0.05, 0.1) is 6.61 Å². The number of rotatable bonds is 6. The van der Waals surface area contributed by atoms with Gasteiger partial charge in [-0.2, -0.15) is 13.2 Å². The Bertz CT molecular complexity index is 656. The van der Waals surface area contributed by atoms with Gasteiger partial charge in [0.15, 0.2) is 0 Å². The smallest absolute Gasteiger partial charge is 0.405 e. The third kappa shape index (κ3) is 5.65. The number of nitrogens with zero attached hydrogens (tertiary/aromatic N) is 1. The van der Waals surface area contributed by atoms with E-state index in [0.29, 0.717) is 18.8 Å². The van der Waals surface area contributed by atoms with Crippen molar-refractivity contribution in [2.45, 2.75) is 12.6 Å². The number of para-hydroxylation sites is 1. The first-order valence-corrected chi connectivity index (χ1v) is 7.01. The van der Waals surface area contributed by atoms with Gasteiger partial charge in [-0.3, -0.25) is 4.98 Å². The van der Waals surface area contributed by atoms with Crippen molar-refractivity contribution in [1.82, 2.24) is 15.6 Å². The van der Waals surface area contributed by atoms with E-state index in [1.165, 1.54) is 0 Å². The molecule has 0 aliphatic carbocycles. The second-order valence-corrected chi connectivity index (χ2v) is 4.76. The summed E-state index contributed by atoms with van der Waals surface area (Å²) in [7, 11) is 0. The molecule has 1 aromatic heterocycles. The van der Waals surface area contributed by atoms with Crippen molar-refractivity contribution in [2.24, 2.45) is 0 Å². The van der Waals surface area contributed by atoms with Crippen molar-refractivity contribution in [3.63, 3.8) is 0 Å². The van der Waals surface area contributed by atoms with Crippen LogP contribution in [0.1, 0.15) is 6.42 Å². The van der Waals surface area contributed by atoms with Gasteiger partial charge in [-0.1, -0.05) is 18.2 Å². The molecule has 5 nitrogen and oxygen atoms in total. The zero-order valence-electron chi connectivity index (χ0n) is 12.2. The van der Waals surface area contributed by atoms with Crippen molar-refractivity contribution in [1.29, 1.82) is 0 Å². The molecule has 0 aliphatic heterocycles. The molecule has 23 heavy (non-hydrogen) atoms. The summed E-state index contributed by atoms with van der Waals surface area (Å²) in [5, 5.41) is 5.02. The third-order valence-electron chi connectivity index (χ3n) is 2.91. The number of hydrogen-bond donors (Lipinski definition) is 2. The van der Waals surface area contributed by atoms with Crippen LogP contribution in [0.3, 0.4) is 0 Å². The number of alkyl halides is 3. The fourth-order valence-electron chi connectivity index (χ4n) is 1.89. The second-order valence-electron chi connectivity index (χ2n) is 4.76. The first-order valence-electron chi connectivity index (χ1n) is 7.01. The van der Waals surface area contributed by atoms with E-state index in [-0.39, 0.29) is 6.54 Å². The molecular weight excluding hydrogens is 311 g/mol. The number of halogens is 3. The minimum atomic E-state index is -4.41. The number of urea groups is 1. The zero-order valence-corrected chi connectivity index (χ0v) is 12.2. The first kappa shape index (κ1) is 16.9. The summed E-state index contributed by atoms with van der Waals surface area (Å²) >= 11 is 0. The minimum Gasteiger partial charge on any atom is -0.491 e. The summed E-state index contributed by atoms with van der Waals surface area (Å²) in [5.74, 6) is 0.629. The molecule has 2 N–H and O–H groups in total. The highest BCUT2D eigenvalue weighted by atomic mass is 19.4. The quantitative estimate of drug-likeness (QED) is 0.802. The van der Waals surface area contributed by atoms with Crippen LogP contribution in [-0.2, 0) is 0 Å². The average Bonchev–Trinajstić information content (AvgIpc) is 2.52. The lowest BCUT2D eigenvalue weighted by Crippen LogP contribution is -2.41. The zero-order chi connectivity index (χ0) is 16.7. The van der Waals surface area contributed by atoms with Gasteiger partial charge in [0.2, 0.25) is 0 Å². The number of amides is 2. The topological polar surface area (TPSA) is 63.2 Å². The Kier molecular flexibility index (Phi) is 5.61. The van der Waals surface area contributed by atoms with Crippen LogP contribution in [0.4, 0.5) is 18.0 Å². The van der Waals surface area contributed by atoms with E-state index in [1.54, 1.807) is 17.6 Å². The van der Waals surface area contributed by atoms with E-state index < -0.39 is 18.8 Å². The molecular formula is C15H16F3N3O2. The highest BCUT2D eigenvalue weighted by molar-refractivity contribution is 5.84. The third-order valence-corrected chi connectivity index (χ3v) is 2.91. The summed E-state index contributed by atoms with van der Waals surface area (Å²) in [4.78, 5) is 15.4. The van der Waals surface area contributed by atoms with Crippen LogP contribution >= 0.6 is 0 Å². The van der Waals surface area contributed by atoms with E-state index in [0.717, 1.165) is 10.9 Å². The second kappa shape index (κ2) is 7.66. The van der Waals surface area contributed by atoms with Crippen LogP contribution in [0.2, 0.25) is 0 Å². The minimum absolute atomic E-state index is 0.210. The number of hydrogen-bond acceptors (Lipinski definition) is 3. The van der Waals surface area contributed by atoms with E-state index >= 15 is 0 Å². The van der Waals surface area contributed by atoms with Crippen molar-refractivity contribution in [2.75, 3.05) is 19.7 Å². The standard InChI is InChI=1S/C15H16F3N3O2/c16-15(17,18)10-21-14(22)20-8-3-9-23-12-6-1-4-11-5-2-7-19-13(11)12/h1-2,4-7H,3,8-10H2,(H2,20,21,22). The van der Waals surface area contributed by atoms with E-state index in [4.69, 9.17) is 4.74 Å². The summed E-state index contributed by atoms with van der Waals surface area (Å²) in [6, 6.07) is 8.45. The lowest BCUT2D eigenvalue weighted by molar-refractivity contribution is -0.122. The monoisotopic (exact) mass is 327 g/mol. The summed E-state index contributed by atoms with van der Waals surface area (Å²) in [6.07, 6.45) is -2.29. The number of carbonyl (C=O) groups excluding carboxylic acids is 1. The van der Waals surface area contributed by atoms with Gasteiger partial charge < -0.3 is 15.4 Å². The van der Waals surface area contributed by atoms with Gasteiger partial charge in [-0.25, -0.2) is 4.79 Å². The molecule has 0 atom stereocenters. The van der Waals surface area contributed by atoms with Gasteiger partial charge in [0, 0.05) is 18.1 Å². The van der Waals surface area contributed by atoms with Gasteiger partial charge in [0.25, 0.3) is 0 Å². The van der Waals surface area contributed by atoms with Crippen molar-refractivity contribution in [3.8, 4) is 5.75 Å². The van der Waals surface area contributed by atoms with E-state index in [1.807, 2.05) is 24.3 Å². The van der Waals surface area contributed by atoms with Crippen molar-refractivity contribution < 1.29 is 22.7 Å². The lowest BCUT2D eigenvalue weighted by atomic mass is 10.2. The Balaban J connectivity index is 1.70. The molecule has 2 aromatic rings. The van der Waals surface area contributed by atoms with Crippen LogP contribution in [0.15, 0.2) is 36.5 Å². The number of fused-ring (bicyclic) bond motifs is 1. The number of aromatic nitrogens is 1. The average molecular weight is 327 g/mol. The molecule has 8 heteroatoms. The van der Waals surface area contributed by atoms with Gasteiger partial charge in [-0.05, 0) is 18.6 Å². The predicted molar refractivity (Wildman–Crippen MR) is 79.3 cm³/mol. The maximum Gasteiger partial charge on any atom is 0.405 e. The van der Waals surface area contributed by atoms with E-state index in [2.05, 4.69) is 10.3 Å². The van der Waals surface area contributed by atoms with Crippen LogP contribution in [0.25, 0.3) is 10.9 Å². The molecule has 0 saturated carbocycles. The maximum absolute atomic E-state index is 11.9. The van der Waals surface area contributed by atoms with Crippen LogP contribution < -0.4 is 15.4 Å². The van der Waals surface area contributed by atoms with Crippen LogP contribution in [-0.4, -0.2) is 36.9 Å². The molecule has 1 aromatic carbocycles. The molecule has 2 amide bonds. The van der Waals surface area contributed by atoms with Gasteiger partial charge >= 0.3 is 12.2 Å². The fraction of sp³-hybridized carbons (Fsp3) is 0.333. The van der Waals surface area contributed by atoms with Crippen molar-refractivity contribution in [3.05, 3.63) is 36.5 Å². The predicted octanol–water partition coefficient (Wildman–Crippen LogP) is 2.87. The SMILES string of the molecule is O=C(NCCCOc1cccc2cccnc12)NCC(F)(F)F. The normalized spacial score (nSPS) is 11.3. The lowest BCUT2D eigenvalue weighted by Gasteiger charge is -2.11. The molecule has 0 radical (unpaired) electrons. The van der Waals surface area contributed by atoms with Gasteiger partial charge in [-0.15, -0.1) is 0 Å².